The van der Waals surface area contributed by atoms with Crippen LogP contribution < -0.4 is 0 Å². The summed E-state index contributed by atoms with van der Waals surface area (Å²) in [5, 5.41) is 9.23. The standard InChI is InChI=1S/C23H12Cl2F3NO3/c24-16-2-1-3-17(25)20(16)21(30)19-10-15(12-4-6-13(7-5-12)22(31)32)18-9-8-14(11-29(18)19)23(26,27)28/h1-11H,(H,31,32). The molecular formula is C23H12Cl2F3NO3. The molecule has 2 heterocycles. The second-order valence-electron chi connectivity index (χ2n) is 6.92. The molecule has 0 spiro atoms. The first-order chi connectivity index (χ1) is 15.1. The SMILES string of the molecule is O=C(O)c1ccc(-c2cc(C(=O)c3c(Cl)cccc3Cl)n3cc(C(F)(F)F)ccc23)cc1. The lowest BCUT2D eigenvalue weighted by Crippen LogP contribution is -2.10. The van der Waals surface area contributed by atoms with Crippen molar-refractivity contribution >= 4 is 40.5 Å². The molecule has 0 saturated carbocycles. The number of aromatic carboxylic acids is 1. The van der Waals surface area contributed by atoms with Crippen LogP contribution in [-0.4, -0.2) is 21.3 Å². The van der Waals surface area contributed by atoms with E-state index in [4.69, 9.17) is 28.3 Å². The molecule has 0 unspecified atom stereocenters. The average molecular weight is 478 g/mol. The Morgan fingerprint density at radius 2 is 1.53 bits per heavy atom. The van der Waals surface area contributed by atoms with E-state index in [1.165, 1.54) is 48.5 Å². The highest BCUT2D eigenvalue weighted by atomic mass is 35.5. The van der Waals surface area contributed by atoms with E-state index in [-0.39, 0.29) is 26.9 Å². The minimum absolute atomic E-state index is 0.0274. The Kier molecular flexibility index (Phi) is 5.48. The molecule has 0 aliphatic carbocycles. The predicted molar refractivity (Wildman–Crippen MR) is 115 cm³/mol. The van der Waals surface area contributed by atoms with Crippen LogP contribution in [0.1, 0.15) is 32.0 Å². The number of fused-ring (bicyclic) bond motifs is 1. The van der Waals surface area contributed by atoms with Crippen LogP contribution in [0, 0.1) is 0 Å². The number of aromatic nitrogens is 1. The molecule has 0 fully saturated rings. The first-order valence-corrected chi connectivity index (χ1v) is 9.88. The van der Waals surface area contributed by atoms with Crippen molar-refractivity contribution in [1.29, 1.82) is 0 Å². The van der Waals surface area contributed by atoms with Crippen molar-refractivity contribution in [1.82, 2.24) is 4.40 Å². The summed E-state index contributed by atoms with van der Waals surface area (Å²) in [7, 11) is 0. The maximum Gasteiger partial charge on any atom is 0.417 e. The molecule has 9 heteroatoms. The van der Waals surface area contributed by atoms with Gasteiger partial charge < -0.3 is 9.51 Å². The molecule has 2 aromatic carbocycles. The van der Waals surface area contributed by atoms with Gasteiger partial charge in [-0.2, -0.15) is 13.2 Å². The van der Waals surface area contributed by atoms with Crippen LogP contribution in [-0.2, 0) is 6.18 Å². The first kappa shape index (κ1) is 21.9. The van der Waals surface area contributed by atoms with E-state index in [1.54, 1.807) is 6.07 Å². The molecular weight excluding hydrogens is 466 g/mol. The highest BCUT2D eigenvalue weighted by molar-refractivity contribution is 6.41. The van der Waals surface area contributed by atoms with Crippen molar-refractivity contribution in [2.75, 3.05) is 0 Å². The van der Waals surface area contributed by atoms with Gasteiger partial charge in [0.15, 0.2) is 0 Å². The molecule has 4 aromatic rings. The van der Waals surface area contributed by atoms with E-state index in [0.717, 1.165) is 16.7 Å². The van der Waals surface area contributed by atoms with E-state index in [2.05, 4.69) is 0 Å². The normalized spacial score (nSPS) is 11.7. The monoisotopic (exact) mass is 477 g/mol. The molecule has 0 aliphatic rings. The summed E-state index contributed by atoms with van der Waals surface area (Å²) in [5.74, 6) is -1.76. The molecule has 4 nitrogen and oxygen atoms in total. The highest BCUT2D eigenvalue weighted by Gasteiger charge is 2.32. The number of ketones is 1. The Morgan fingerprint density at radius 3 is 2.09 bits per heavy atom. The third-order valence-electron chi connectivity index (χ3n) is 4.96. The second kappa shape index (κ2) is 8.00. The van der Waals surface area contributed by atoms with Crippen molar-refractivity contribution < 1.29 is 27.9 Å². The van der Waals surface area contributed by atoms with E-state index in [1.807, 2.05) is 0 Å². The van der Waals surface area contributed by atoms with Crippen LogP contribution in [0.3, 0.4) is 0 Å². The number of rotatable bonds is 4. The Morgan fingerprint density at radius 1 is 0.906 bits per heavy atom. The molecule has 162 valence electrons. The Hall–Kier alpha value is -3.29. The van der Waals surface area contributed by atoms with Gasteiger partial charge in [0, 0.05) is 11.8 Å². The summed E-state index contributed by atoms with van der Waals surface area (Å²) in [6.45, 7) is 0. The van der Waals surface area contributed by atoms with E-state index >= 15 is 0 Å². The zero-order valence-corrected chi connectivity index (χ0v) is 17.5. The Labute approximate surface area is 189 Å². The molecule has 1 N–H and O–H groups in total. The highest BCUT2D eigenvalue weighted by Crippen LogP contribution is 2.35. The fraction of sp³-hybridized carbons (Fsp3) is 0.0435. The van der Waals surface area contributed by atoms with Gasteiger partial charge in [0.2, 0.25) is 5.78 Å². The number of halogens is 5. The summed E-state index contributed by atoms with van der Waals surface area (Å²) in [5.41, 5.74) is 0.314. The third kappa shape index (κ3) is 3.85. The lowest BCUT2D eigenvalue weighted by Gasteiger charge is -2.10. The second-order valence-corrected chi connectivity index (χ2v) is 7.74. The number of carboxylic acids is 1. The van der Waals surface area contributed by atoms with Gasteiger partial charge in [-0.1, -0.05) is 41.4 Å². The van der Waals surface area contributed by atoms with Crippen molar-refractivity contribution in [3.05, 3.63) is 99.3 Å². The number of benzene rings is 2. The van der Waals surface area contributed by atoms with E-state index < -0.39 is 23.5 Å². The smallest absolute Gasteiger partial charge is 0.417 e. The molecule has 0 saturated heterocycles. The number of alkyl halides is 3. The van der Waals surface area contributed by atoms with Gasteiger partial charge in [-0.05, 0) is 48.0 Å². The fourth-order valence-corrected chi connectivity index (χ4v) is 3.98. The quantitative estimate of drug-likeness (QED) is 0.326. The molecule has 2 aromatic heterocycles. The van der Waals surface area contributed by atoms with Gasteiger partial charge in [-0.25, -0.2) is 4.79 Å². The summed E-state index contributed by atoms with van der Waals surface area (Å²) >= 11 is 12.3. The zero-order chi connectivity index (χ0) is 23.2. The van der Waals surface area contributed by atoms with E-state index in [0.29, 0.717) is 16.6 Å². The topological polar surface area (TPSA) is 58.8 Å². The van der Waals surface area contributed by atoms with Crippen LogP contribution >= 0.6 is 23.2 Å². The largest absolute Gasteiger partial charge is 0.478 e. The summed E-state index contributed by atoms with van der Waals surface area (Å²) in [6.07, 6.45) is -3.79. The lowest BCUT2D eigenvalue weighted by atomic mass is 10.0. The van der Waals surface area contributed by atoms with Gasteiger partial charge >= 0.3 is 12.1 Å². The summed E-state index contributed by atoms with van der Waals surface area (Å²) in [6, 6.07) is 13.9. The predicted octanol–water partition coefficient (Wildman–Crippen LogP) is 6.86. The number of carboxylic acid groups (broad SMARTS) is 1. The van der Waals surface area contributed by atoms with Crippen LogP contribution in [0.2, 0.25) is 10.0 Å². The van der Waals surface area contributed by atoms with Crippen molar-refractivity contribution in [3.8, 4) is 11.1 Å². The maximum atomic E-state index is 13.4. The van der Waals surface area contributed by atoms with E-state index in [9.17, 15) is 22.8 Å². The van der Waals surface area contributed by atoms with Crippen LogP contribution in [0.5, 0.6) is 0 Å². The number of carbonyl (C=O) groups is 2. The van der Waals surface area contributed by atoms with Crippen molar-refractivity contribution in [2.45, 2.75) is 6.18 Å². The molecule has 4 rings (SSSR count). The maximum absolute atomic E-state index is 13.4. The number of pyridine rings is 1. The lowest BCUT2D eigenvalue weighted by molar-refractivity contribution is -0.137. The number of nitrogens with zero attached hydrogens (tertiary/aromatic N) is 1. The summed E-state index contributed by atoms with van der Waals surface area (Å²) < 4.78 is 41.2. The first-order valence-electron chi connectivity index (χ1n) is 9.12. The molecule has 0 aliphatic heterocycles. The van der Waals surface area contributed by atoms with Crippen LogP contribution in [0.25, 0.3) is 16.6 Å². The van der Waals surface area contributed by atoms with Crippen molar-refractivity contribution in [3.63, 3.8) is 0 Å². The number of hydrogen-bond acceptors (Lipinski definition) is 2. The van der Waals surface area contributed by atoms with Gasteiger partial charge in [0.05, 0.1) is 37.9 Å². The number of hydrogen-bond donors (Lipinski definition) is 1. The molecule has 0 atom stereocenters. The molecule has 32 heavy (non-hydrogen) atoms. The average Bonchev–Trinajstić information content (AvgIpc) is 3.12. The Bertz CT molecular complexity index is 1360. The Balaban J connectivity index is 1.97. The van der Waals surface area contributed by atoms with Gasteiger partial charge in [0.25, 0.3) is 0 Å². The minimum atomic E-state index is -4.62. The summed E-state index contributed by atoms with van der Waals surface area (Å²) in [4.78, 5) is 24.4. The molecule has 0 bridgehead atoms. The third-order valence-corrected chi connectivity index (χ3v) is 5.59. The molecule has 0 amide bonds. The van der Waals surface area contributed by atoms with Gasteiger partial charge in [-0.3, -0.25) is 4.79 Å². The fourth-order valence-electron chi connectivity index (χ4n) is 3.41. The van der Waals surface area contributed by atoms with Crippen LogP contribution in [0.4, 0.5) is 13.2 Å². The molecule has 0 radical (unpaired) electrons. The zero-order valence-electron chi connectivity index (χ0n) is 16.0. The van der Waals surface area contributed by atoms with Crippen LogP contribution in [0.15, 0.2) is 66.9 Å². The van der Waals surface area contributed by atoms with Gasteiger partial charge in [0.1, 0.15) is 0 Å². The minimum Gasteiger partial charge on any atom is -0.478 e. The van der Waals surface area contributed by atoms with Gasteiger partial charge in [-0.15, -0.1) is 0 Å². The number of carbonyl (C=O) groups excluding carboxylic acids is 1. The van der Waals surface area contributed by atoms with Crippen molar-refractivity contribution in [2.24, 2.45) is 0 Å².